The lowest BCUT2D eigenvalue weighted by Crippen LogP contribution is -2.33. The number of hydrogen-bond donors (Lipinski definition) is 1. The summed E-state index contributed by atoms with van der Waals surface area (Å²) in [6, 6.07) is 1.59. The molecule has 0 unspecified atom stereocenters. The Morgan fingerprint density at radius 1 is 1.36 bits per heavy atom. The fourth-order valence-corrected chi connectivity index (χ4v) is 0.528. The Hall–Kier alpha value is -0.900. The number of hydrogen-bond acceptors (Lipinski definition) is 2. The summed E-state index contributed by atoms with van der Waals surface area (Å²) in [6.45, 7) is 1.21. The van der Waals surface area contributed by atoms with Crippen molar-refractivity contribution in [2.45, 2.75) is 12.4 Å². The van der Waals surface area contributed by atoms with Crippen LogP contribution in [0.2, 0.25) is 0 Å². The second kappa shape index (κ2) is 3.00. The molecule has 0 saturated carbocycles. The van der Waals surface area contributed by atoms with Crippen molar-refractivity contribution in [3.05, 3.63) is 0 Å². The monoisotopic (exact) mass is 187 g/mol. The minimum absolute atomic E-state index is 1.03. The van der Waals surface area contributed by atoms with Gasteiger partial charge >= 0.3 is 15.5 Å². The van der Waals surface area contributed by atoms with Crippen molar-refractivity contribution in [1.82, 2.24) is 4.72 Å². The highest BCUT2D eigenvalue weighted by Crippen LogP contribution is 2.20. The molecule has 64 valence electrons. The van der Waals surface area contributed by atoms with Crippen LogP contribution in [0.5, 0.6) is 0 Å². The zero-order valence-electron chi connectivity index (χ0n) is 5.36. The van der Waals surface area contributed by atoms with E-state index < -0.39 is 15.5 Å². The predicted molar refractivity (Wildman–Crippen MR) is 31.6 cm³/mol. The van der Waals surface area contributed by atoms with Crippen molar-refractivity contribution >= 4 is 10.0 Å². The lowest BCUT2D eigenvalue weighted by molar-refractivity contribution is -0.0443. The van der Waals surface area contributed by atoms with Crippen LogP contribution < -0.4 is 4.72 Å². The van der Waals surface area contributed by atoms with Crippen LogP contribution in [0.3, 0.4) is 0 Å². The van der Waals surface area contributed by atoms with E-state index in [2.05, 4.69) is 0 Å². The third-order valence-electron chi connectivity index (χ3n) is 0.615. The molecule has 0 spiro atoms. The van der Waals surface area contributed by atoms with Crippen molar-refractivity contribution in [2.24, 2.45) is 0 Å². The maximum absolute atomic E-state index is 11.4. The second-order valence-electron chi connectivity index (χ2n) is 1.43. The number of halogens is 3. The second-order valence-corrected chi connectivity index (χ2v) is 3.10. The summed E-state index contributed by atoms with van der Waals surface area (Å²) in [7, 11) is -5.28. The molecule has 0 aliphatic rings. The molecule has 0 aromatic heterocycles. The quantitative estimate of drug-likeness (QED) is 0.477. The Bertz CT molecular complexity index is 281. The molecule has 0 saturated heterocycles. The first-order valence-electron chi connectivity index (χ1n) is 2.31. The van der Waals surface area contributed by atoms with E-state index in [-0.39, 0.29) is 0 Å². The van der Waals surface area contributed by atoms with Crippen molar-refractivity contribution in [1.29, 1.82) is 0 Å². The molecule has 0 aromatic rings. The van der Waals surface area contributed by atoms with Crippen LogP contribution in [0.25, 0.3) is 0 Å². The molecule has 0 aliphatic heterocycles. The van der Waals surface area contributed by atoms with Gasteiger partial charge in [-0.3, -0.25) is 0 Å². The van der Waals surface area contributed by atoms with E-state index in [1.54, 1.807) is 6.04 Å². The average Bonchev–Trinajstić information content (AvgIpc) is 1.81. The Morgan fingerprint density at radius 3 is 2.09 bits per heavy atom. The van der Waals surface area contributed by atoms with E-state index >= 15 is 0 Å². The topological polar surface area (TPSA) is 46.2 Å². The maximum Gasteiger partial charge on any atom is 0.517 e. The smallest absolute Gasteiger partial charge is 0.234 e. The van der Waals surface area contributed by atoms with Crippen molar-refractivity contribution in [3.8, 4) is 12.0 Å². The fraction of sp³-hybridized carbons (Fsp3) is 0.500. The molecular weight excluding hydrogens is 183 g/mol. The van der Waals surface area contributed by atoms with Gasteiger partial charge in [0.15, 0.2) is 0 Å². The predicted octanol–water partition coefficient (Wildman–Crippen LogP) is 0.406. The van der Waals surface area contributed by atoms with E-state index in [1.807, 2.05) is 5.92 Å². The van der Waals surface area contributed by atoms with Crippen LogP contribution >= 0.6 is 0 Å². The van der Waals surface area contributed by atoms with E-state index in [9.17, 15) is 21.6 Å². The molecule has 0 rings (SSSR count). The third kappa shape index (κ3) is 2.67. The Balaban J connectivity index is 4.60. The highest BCUT2D eigenvalue weighted by atomic mass is 32.2. The summed E-state index contributed by atoms with van der Waals surface area (Å²) in [5.41, 5.74) is -5.29. The van der Waals surface area contributed by atoms with E-state index in [1.165, 1.54) is 6.92 Å². The first-order valence-corrected chi connectivity index (χ1v) is 3.79. The molecule has 0 radical (unpaired) electrons. The van der Waals surface area contributed by atoms with E-state index in [0.29, 0.717) is 0 Å². The third-order valence-corrected chi connectivity index (χ3v) is 1.60. The van der Waals surface area contributed by atoms with Gasteiger partial charge in [0.25, 0.3) is 0 Å². The van der Waals surface area contributed by atoms with Crippen LogP contribution in [-0.4, -0.2) is 13.9 Å². The summed E-state index contributed by atoms with van der Waals surface area (Å²) in [4.78, 5) is 0. The first-order chi connectivity index (χ1) is 4.81. The number of sulfonamides is 1. The molecule has 0 heterocycles. The molecule has 11 heavy (non-hydrogen) atoms. The summed E-state index contributed by atoms with van der Waals surface area (Å²) >= 11 is 0. The standard InChI is InChI=1S/C4H4F3NO2S/c1-2-3-8-11(9,10)4(5,6)7/h8H,1H3. The summed E-state index contributed by atoms with van der Waals surface area (Å²) in [5, 5.41) is 0. The summed E-state index contributed by atoms with van der Waals surface area (Å²) in [6.07, 6.45) is 0. The van der Waals surface area contributed by atoms with E-state index in [4.69, 9.17) is 0 Å². The normalized spacial score (nSPS) is 11.6. The first kappa shape index (κ1) is 10.1. The lowest BCUT2D eigenvalue weighted by atomic mass is 10.8. The Labute approximate surface area is 61.6 Å². The van der Waals surface area contributed by atoms with Crippen LogP contribution in [0.15, 0.2) is 0 Å². The van der Waals surface area contributed by atoms with Gasteiger partial charge in [-0.15, -0.1) is 0 Å². The Kier molecular flexibility index (Phi) is 2.76. The van der Waals surface area contributed by atoms with Crippen LogP contribution in [-0.2, 0) is 10.0 Å². The lowest BCUT2D eigenvalue weighted by Gasteiger charge is -2.04. The van der Waals surface area contributed by atoms with Crippen molar-refractivity contribution in [3.63, 3.8) is 0 Å². The zero-order chi connectivity index (χ0) is 9.12. The van der Waals surface area contributed by atoms with Gasteiger partial charge in [0, 0.05) is 6.04 Å². The van der Waals surface area contributed by atoms with E-state index in [0.717, 1.165) is 4.72 Å². The highest BCUT2D eigenvalue weighted by Gasteiger charge is 2.45. The van der Waals surface area contributed by atoms with Crippen LogP contribution in [0, 0.1) is 12.0 Å². The summed E-state index contributed by atoms with van der Waals surface area (Å²) in [5.74, 6) is 1.96. The van der Waals surface area contributed by atoms with Gasteiger partial charge in [-0.25, -0.2) is 4.72 Å². The molecule has 0 atom stereocenters. The Morgan fingerprint density at radius 2 is 1.82 bits per heavy atom. The fourth-order valence-electron chi connectivity index (χ4n) is 0.176. The minimum Gasteiger partial charge on any atom is -0.234 e. The van der Waals surface area contributed by atoms with Gasteiger partial charge in [0.2, 0.25) is 0 Å². The molecule has 0 aliphatic carbocycles. The number of rotatable bonds is 1. The van der Waals surface area contributed by atoms with Gasteiger partial charge in [-0.2, -0.15) is 21.6 Å². The number of alkyl halides is 3. The van der Waals surface area contributed by atoms with Gasteiger partial charge in [-0.05, 0) is 6.92 Å². The molecule has 0 fully saturated rings. The van der Waals surface area contributed by atoms with Gasteiger partial charge in [0.1, 0.15) is 0 Å². The highest BCUT2D eigenvalue weighted by molar-refractivity contribution is 7.90. The molecule has 1 N–H and O–H groups in total. The molecule has 0 amide bonds. The molecular formula is C4H4F3NO2S. The SMILES string of the molecule is CC#CNS(=O)(=O)C(F)(F)F. The van der Waals surface area contributed by atoms with Gasteiger partial charge < -0.3 is 0 Å². The van der Waals surface area contributed by atoms with Crippen molar-refractivity contribution < 1.29 is 21.6 Å². The molecule has 0 bridgehead atoms. The molecule has 0 aromatic carbocycles. The van der Waals surface area contributed by atoms with Crippen molar-refractivity contribution in [2.75, 3.05) is 0 Å². The minimum atomic E-state index is -5.29. The van der Waals surface area contributed by atoms with Gasteiger partial charge in [0.05, 0.1) is 0 Å². The number of nitrogens with one attached hydrogen (secondary N) is 1. The maximum atomic E-state index is 11.4. The zero-order valence-corrected chi connectivity index (χ0v) is 6.18. The average molecular weight is 187 g/mol. The largest absolute Gasteiger partial charge is 0.517 e. The molecule has 3 nitrogen and oxygen atoms in total. The van der Waals surface area contributed by atoms with Gasteiger partial charge in [-0.1, -0.05) is 5.92 Å². The van der Waals surface area contributed by atoms with Crippen LogP contribution in [0.1, 0.15) is 6.92 Å². The molecule has 7 heteroatoms. The summed E-state index contributed by atoms with van der Waals surface area (Å²) < 4.78 is 55.5. The van der Waals surface area contributed by atoms with Crippen LogP contribution in [0.4, 0.5) is 13.2 Å².